The second-order valence-electron chi connectivity index (χ2n) is 4.18. The summed E-state index contributed by atoms with van der Waals surface area (Å²) in [6.07, 6.45) is 0. The normalized spacial score (nSPS) is 17.4. The number of rotatable bonds is 3. The third-order valence-corrected chi connectivity index (χ3v) is 3.05. The predicted molar refractivity (Wildman–Crippen MR) is 63.8 cm³/mol. The molecule has 0 spiro atoms. The van der Waals surface area contributed by atoms with Gasteiger partial charge in [0.25, 0.3) is 0 Å². The van der Waals surface area contributed by atoms with Gasteiger partial charge in [0.1, 0.15) is 5.75 Å². The highest BCUT2D eigenvalue weighted by molar-refractivity contribution is 5.34. The van der Waals surface area contributed by atoms with Crippen molar-refractivity contribution in [2.75, 3.05) is 33.4 Å². The van der Waals surface area contributed by atoms with Crippen LogP contribution in [-0.4, -0.2) is 38.3 Å². The fourth-order valence-electron chi connectivity index (χ4n) is 1.97. The monoisotopic (exact) mass is 221 g/mol. The van der Waals surface area contributed by atoms with Gasteiger partial charge in [-0.05, 0) is 30.2 Å². The minimum Gasteiger partial charge on any atom is -0.497 e. The summed E-state index contributed by atoms with van der Waals surface area (Å²) in [5, 5.41) is 0. The number of benzene rings is 1. The number of ether oxygens (including phenoxy) is 2. The molecule has 0 aromatic heterocycles. The van der Waals surface area contributed by atoms with Crippen LogP contribution in [0.2, 0.25) is 0 Å². The van der Waals surface area contributed by atoms with Crippen LogP contribution in [0.3, 0.4) is 0 Å². The minimum absolute atomic E-state index is 0.856. The Hall–Kier alpha value is -1.06. The summed E-state index contributed by atoms with van der Waals surface area (Å²) in [6, 6.07) is 6.28. The zero-order chi connectivity index (χ0) is 11.4. The van der Waals surface area contributed by atoms with E-state index in [1.165, 1.54) is 11.1 Å². The number of aryl methyl sites for hydroxylation is 1. The summed E-state index contributed by atoms with van der Waals surface area (Å²) >= 11 is 0. The van der Waals surface area contributed by atoms with E-state index in [2.05, 4.69) is 24.0 Å². The van der Waals surface area contributed by atoms with Crippen LogP contribution in [0.4, 0.5) is 0 Å². The minimum atomic E-state index is 0.856. The lowest BCUT2D eigenvalue weighted by Gasteiger charge is -2.27. The Kier molecular flexibility index (Phi) is 3.80. The number of methoxy groups -OCH3 is 1. The van der Waals surface area contributed by atoms with Gasteiger partial charge in [0, 0.05) is 19.6 Å². The van der Waals surface area contributed by atoms with Crippen molar-refractivity contribution >= 4 is 0 Å². The highest BCUT2D eigenvalue weighted by atomic mass is 16.5. The maximum atomic E-state index is 5.34. The van der Waals surface area contributed by atoms with Crippen molar-refractivity contribution in [3.8, 4) is 5.75 Å². The molecule has 1 fully saturated rings. The molecule has 1 aliphatic heterocycles. The first-order valence-corrected chi connectivity index (χ1v) is 5.73. The van der Waals surface area contributed by atoms with E-state index in [4.69, 9.17) is 9.47 Å². The SMILES string of the molecule is COc1ccc(CN2CCOCC2)c(C)c1. The largest absolute Gasteiger partial charge is 0.497 e. The van der Waals surface area contributed by atoms with Crippen LogP contribution in [0.15, 0.2) is 18.2 Å². The van der Waals surface area contributed by atoms with Crippen molar-refractivity contribution in [1.82, 2.24) is 4.90 Å². The van der Waals surface area contributed by atoms with Crippen molar-refractivity contribution in [2.45, 2.75) is 13.5 Å². The van der Waals surface area contributed by atoms with Gasteiger partial charge in [-0.3, -0.25) is 4.90 Å². The standard InChI is InChI=1S/C13H19NO2/c1-11-9-13(15-2)4-3-12(11)10-14-5-7-16-8-6-14/h3-4,9H,5-8,10H2,1-2H3. The van der Waals surface area contributed by atoms with E-state index in [1.807, 2.05) is 6.07 Å². The first-order valence-electron chi connectivity index (χ1n) is 5.73. The average Bonchev–Trinajstić information content (AvgIpc) is 2.33. The van der Waals surface area contributed by atoms with E-state index < -0.39 is 0 Å². The van der Waals surface area contributed by atoms with Crippen LogP contribution in [0.25, 0.3) is 0 Å². The van der Waals surface area contributed by atoms with Gasteiger partial charge in [-0.25, -0.2) is 0 Å². The molecule has 3 nitrogen and oxygen atoms in total. The molecule has 0 unspecified atom stereocenters. The van der Waals surface area contributed by atoms with Crippen molar-refractivity contribution < 1.29 is 9.47 Å². The van der Waals surface area contributed by atoms with Gasteiger partial charge in [0.15, 0.2) is 0 Å². The fraction of sp³-hybridized carbons (Fsp3) is 0.538. The number of nitrogens with zero attached hydrogens (tertiary/aromatic N) is 1. The molecule has 2 rings (SSSR count). The van der Waals surface area contributed by atoms with Crippen LogP contribution in [0.1, 0.15) is 11.1 Å². The number of morpholine rings is 1. The molecule has 1 saturated heterocycles. The Balaban J connectivity index is 2.03. The Bertz CT molecular complexity index is 346. The van der Waals surface area contributed by atoms with E-state index in [9.17, 15) is 0 Å². The van der Waals surface area contributed by atoms with Gasteiger partial charge in [0.05, 0.1) is 20.3 Å². The van der Waals surface area contributed by atoms with Crippen molar-refractivity contribution in [3.05, 3.63) is 29.3 Å². The molecule has 0 N–H and O–H groups in total. The van der Waals surface area contributed by atoms with Gasteiger partial charge in [-0.1, -0.05) is 6.07 Å². The topological polar surface area (TPSA) is 21.7 Å². The molecule has 88 valence electrons. The Morgan fingerprint density at radius 2 is 2.06 bits per heavy atom. The van der Waals surface area contributed by atoms with Crippen LogP contribution in [-0.2, 0) is 11.3 Å². The van der Waals surface area contributed by atoms with Crippen molar-refractivity contribution in [3.63, 3.8) is 0 Å². The third-order valence-electron chi connectivity index (χ3n) is 3.05. The molecule has 1 aromatic rings. The molecular formula is C13H19NO2. The molecule has 0 radical (unpaired) electrons. The Morgan fingerprint density at radius 1 is 1.31 bits per heavy atom. The molecular weight excluding hydrogens is 202 g/mol. The Morgan fingerprint density at radius 3 is 2.69 bits per heavy atom. The van der Waals surface area contributed by atoms with E-state index in [1.54, 1.807) is 7.11 Å². The second kappa shape index (κ2) is 5.32. The highest BCUT2D eigenvalue weighted by Gasteiger charge is 2.11. The van der Waals surface area contributed by atoms with E-state index in [0.29, 0.717) is 0 Å². The first kappa shape index (κ1) is 11.4. The van der Waals surface area contributed by atoms with Crippen LogP contribution >= 0.6 is 0 Å². The molecule has 1 aliphatic rings. The van der Waals surface area contributed by atoms with Crippen molar-refractivity contribution in [2.24, 2.45) is 0 Å². The fourth-order valence-corrected chi connectivity index (χ4v) is 1.97. The van der Waals surface area contributed by atoms with Crippen LogP contribution in [0.5, 0.6) is 5.75 Å². The van der Waals surface area contributed by atoms with Crippen LogP contribution in [0, 0.1) is 6.92 Å². The van der Waals surface area contributed by atoms with Crippen molar-refractivity contribution in [1.29, 1.82) is 0 Å². The molecule has 0 atom stereocenters. The van der Waals surface area contributed by atoms with E-state index >= 15 is 0 Å². The summed E-state index contributed by atoms with van der Waals surface area (Å²) in [6.45, 7) is 6.93. The van der Waals surface area contributed by atoms with Gasteiger partial charge in [-0.15, -0.1) is 0 Å². The molecule has 1 heterocycles. The predicted octanol–water partition coefficient (Wildman–Crippen LogP) is 1.84. The lowest BCUT2D eigenvalue weighted by Crippen LogP contribution is -2.35. The first-order chi connectivity index (χ1) is 7.79. The molecule has 0 aliphatic carbocycles. The number of hydrogen-bond donors (Lipinski definition) is 0. The average molecular weight is 221 g/mol. The van der Waals surface area contributed by atoms with Gasteiger partial charge < -0.3 is 9.47 Å². The summed E-state index contributed by atoms with van der Waals surface area (Å²) in [5.74, 6) is 0.934. The van der Waals surface area contributed by atoms with E-state index in [-0.39, 0.29) is 0 Å². The summed E-state index contributed by atoms with van der Waals surface area (Å²) < 4.78 is 10.5. The Labute approximate surface area is 97.0 Å². The van der Waals surface area contributed by atoms with Gasteiger partial charge in [-0.2, -0.15) is 0 Å². The lowest BCUT2D eigenvalue weighted by molar-refractivity contribution is 0.0341. The summed E-state index contributed by atoms with van der Waals surface area (Å²) in [4.78, 5) is 2.43. The molecule has 0 bridgehead atoms. The molecule has 1 aromatic carbocycles. The maximum absolute atomic E-state index is 5.34. The third kappa shape index (κ3) is 2.74. The lowest BCUT2D eigenvalue weighted by atomic mass is 10.1. The molecule has 0 saturated carbocycles. The zero-order valence-corrected chi connectivity index (χ0v) is 10.0. The summed E-state index contributed by atoms with van der Waals surface area (Å²) in [7, 11) is 1.70. The van der Waals surface area contributed by atoms with Crippen LogP contribution < -0.4 is 4.74 Å². The molecule has 0 amide bonds. The quantitative estimate of drug-likeness (QED) is 0.777. The molecule has 3 heteroatoms. The summed E-state index contributed by atoms with van der Waals surface area (Å²) in [5.41, 5.74) is 2.67. The zero-order valence-electron chi connectivity index (χ0n) is 10.0. The smallest absolute Gasteiger partial charge is 0.119 e. The maximum Gasteiger partial charge on any atom is 0.119 e. The molecule has 16 heavy (non-hydrogen) atoms. The van der Waals surface area contributed by atoms with Gasteiger partial charge in [0.2, 0.25) is 0 Å². The second-order valence-corrected chi connectivity index (χ2v) is 4.18. The van der Waals surface area contributed by atoms with E-state index in [0.717, 1.165) is 38.6 Å². The number of hydrogen-bond acceptors (Lipinski definition) is 3. The van der Waals surface area contributed by atoms with Gasteiger partial charge >= 0.3 is 0 Å². The highest BCUT2D eigenvalue weighted by Crippen LogP contribution is 2.18.